The Labute approximate surface area is 93.0 Å². The molecule has 1 aliphatic rings. The molecule has 2 N–H and O–H groups in total. The van der Waals surface area contributed by atoms with Crippen LogP contribution in [0.25, 0.3) is 0 Å². The minimum atomic E-state index is -0.194. The van der Waals surface area contributed by atoms with Gasteiger partial charge in [-0.25, -0.2) is 0 Å². The molecule has 0 radical (unpaired) electrons. The lowest BCUT2D eigenvalue weighted by Crippen LogP contribution is -2.43. The van der Waals surface area contributed by atoms with E-state index in [-0.39, 0.29) is 11.3 Å². The van der Waals surface area contributed by atoms with Crippen LogP contribution in [0.5, 0.6) is 0 Å². The number of amides is 1. The van der Waals surface area contributed by atoms with Crippen molar-refractivity contribution in [1.82, 2.24) is 4.90 Å². The van der Waals surface area contributed by atoms with E-state index in [1.54, 1.807) is 0 Å². The van der Waals surface area contributed by atoms with Crippen LogP contribution in [0.15, 0.2) is 0 Å². The maximum absolute atomic E-state index is 12.1. The van der Waals surface area contributed by atoms with Crippen LogP contribution in [-0.4, -0.2) is 30.4 Å². The predicted octanol–water partition coefficient (Wildman–Crippen LogP) is 1.62. The van der Waals surface area contributed by atoms with Gasteiger partial charge < -0.3 is 10.6 Å². The molecule has 0 aromatic heterocycles. The third-order valence-electron chi connectivity index (χ3n) is 3.49. The van der Waals surface area contributed by atoms with E-state index in [2.05, 4.69) is 20.8 Å². The Morgan fingerprint density at radius 2 is 1.93 bits per heavy atom. The van der Waals surface area contributed by atoms with Gasteiger partial charge >= 0.3 is 0 Å². The molecule has 0 aliphatic heterocycles. The van der Waals surface area contributed by atoms with Gasteiger partial charge in [-0.3, -0.25) is 4.79 Å². The molecule has 1 aliphatic carbocycles. The molecule has 1 atom stereocenters. The van der Waals surface area contributed by atoms with Gasteiger partial charge in [0.1, 0.15) is 0 Å². The zero-order chi connectivity index (χ0) is 11.6. The van der Waals surface area contributed by atoms with Gasteiger partial charge in [-0.1, -0.05) is 13.8 Å². The summed E-state index contributed by atoms with van der Waals surface area (Å²) in [5.74, 6) is 0.876. The minimum absolute atomic E-state index is 0.194. The van der Waals surface area contributed by atoms with Crippen LogP contribution in [0.4, 0.5) is 0 Å². The number of rotatable bonds is 5. The van der Waals surface area contributed by atoms with Gasteiger partial charge in [0.25, 0.3) is 0 Å². The Kier molecular flexibility index (Phi) is 3.77. The fraction of sp³-hybridized carbons (Fsp3) is 0.917. The van der Waals surface area contributed by atoms with Crippen LogP contribution in [-0.2, 0) is 4.79 Å². The molecule has 1 unspecified atom stereocenters. The largest absolute Gasteiger partial charge is 0.343 e. The van der Waals surface area contributed by atoms with Crippen molar-refractivity contribution >= 4 is 5.91 Å². The molecule has 1 rings (SSSR count). The lowest BCUT2D eigenvalue weighted by molar-refractivity contribution is -0.137. The van der Waals surface area contributed by atoms with E-state index >= 15 is 0 Å². The summed E-state index contributed by atoms with van der Waals surface area (Å²) in [6.07, 6.45) is 3.00. The highest BCUT2D eigenvalue weighted by atomic mass is 16.2. The van der Waals surface area contributed by atoms with Gasteiger partial charge in [0.15, 0.2) is 0 Å². The zero-order valence-corrected chi connectivity index (χ0v) is 10.4. The van der Waals surface area contributed by atoms with E-state index in [0.29, 0.717) is 18.5 Å². The van der Waals surface area contributed by atoms with Crippen molar-refractivity contribution in [2.45, 2.75) is 46.1 Å². The van der Waals surface area contributed by atoms with E-state index in [1.807, 2.05) is 11.9 Å². The first kappa shape index (κ1) is 12.5. The summed E-state index contributed by atoms with van der Waals surface area (Å²) in [7, 11) is 1.91. The van der Waals surface area contributed by atoms with E-state index in [1.165, 1.54) is 0 Å². The van der Waals surface area contributed by atoms with E-state index < -0.39 is 0 Å². The summed E-state index contributed by atoms with van der Waals surface area (Å²) in [6, 6.07) is 0.321. The number of carbonyl (C=O) groups is 1. The first-order valence-corrected chi connectivity index (χ1v) is 5.90. The number of carbonyl (C=O) groups excluding carboxylic acids is 1. The van der Waals surface area contributed by atoms with E-state index in [0.717, 1.165) is 19.3 Å². The summed E-state index contributed by atoms with van der Waals surface area (Å²) < 4.78 is 0. The Bertz CT molecular complexity index is 234. The maximum atomic E-state index is 12.1. The molecule has 88 valence electrons. The molecule has 1 amide bonds. The Balaban J connectivity index is 2.52. The van der Waals surface area contributed by atoms with Crippen LogP contribution in [0.2, 0.25) is 0 Å². The molecule has 0 bridgehead atoms. The summed E-state index contributed by atoms with van der Waals surface area (Å²) in [6.45, 7) is 6.99. The zero-order valence-electron chi connectivity index (χ0n) is 10.4. The van der Waals surface area contributed by atoms with Crippen molar-refractivity contribution in [1.29, 1.82) is 0 Å². The molecule has 0 aromatic carbocycles. The van der Waals surface area contributed by atoms with Gasteiger partial charge in [0.05, 0.1) is 5.41 Å². The smallest absolute Gasteiger partial charge is 0.230 e. The van der Waals surface area contributed by atoms with Gasteiger partial charge in [-0.15, -0.1) is 0 Å². The summed E-state index contributed by atoms with van der Waals surface area (Å²) in [5, 5.41) is 0. The third kappa shape index (κ3) is 2.71. The summed E-state index contributed by atoms with van der Waals surface area (Å²) in [5.41, 5.74) is 5.47. The molecule has 0 spiro atoms. The molecular formula is C12H24N2O. The number of hydrogen-bond acceptors (Lipinski definition) is 2. The van der Waals surface area contributed by atoms with E-state index in [9.17, 15) is 4.79 Å². The van der Waals surface area contributed by atoms with Gasteiger partial charge in [-0.2, -0.15) is 0 Å². The van der Waals surface area contributed by atoms with Crippen molar-refractivity contribution in [3.05, 3.63) is 0 Å². The SMILES string of the molecule is CC(C)CC(C)N(C)C(=O)C1(CN)CC1. The van der Waals surface area contributed by atoms with Gasteiger partial charge in [0, 0.05) is 19.6 Å². The second-order valence-corrected chi connectivity index (χ2v) is 5.38. The second-order valence-electron chi connectivity index (χ2n) is 5.38. The maximum Gasteiger partial charge on any atom is 0.230 e. The first-order chi connectivity index (χ1) is 6.93. The summed E-state index contributed by atoms with van der Waals surface area (Å²) >= 11 is 0. The third-order valence-corrected chi connectivity index (χ3v) is 3.49. The van der Waals surface area contributed by atoms with Crippen LogP contribution in [0, 0.1) is 11.3 Å². The molecule has 0 heterocycles. The quantitative estimate of drug-likeness (QED) is 0.752. The molecule has 0 aromatic rings. The van der Waals surface area contributed by atoms with Crippen LogP contribution in [0.3, 0.4) is 0 Å². The standard InChI is InChI=1S/C12H24N2O/c1-9(2)7-10(3)14(4)11(15)12(8-13)5-6-12/h9-10H,5-8,13H2,1-4H3. The molecule has 3 heteroatoms. The molecule has 3 nitrogen and oxygen atoms in total. The van der Waals surface area contributed by atoms with Crippen LogP contribution in [0.1, 0.15) is 40.0 Å². The van der Waals surface area contributed by atoms with E-state index in [4.69, 9.17) is 5.73 Å². The highest BCUT2D eigenvalue weighted by molar-refractivity contribution is 5.85. The monoisotopic (exact) mass is 212 g/mol. The normalized spacial score (nSPS) is 20.1. The van der Waals surface area contributed by atoms with Gasteiger partial charge in [0.2, 0.25) is 5.91 Å². The van der Waals surface area contributed by atoms with Crippen molar-refractivity contribution in [2.24, 2.45) is 17.1 Å². The van der Waals surface area contributed by atoms with Crippen molar-refractivity contribution in [3.63, 3.8) is 0 Å². The molecule has 1 fully saturated rings. The Hall–Kier alpha value is -0.570. The fourth-order valence-electron chi connectivity index (χ4n) is 2.07. The average Bonchev–Trinajstić information content (AvgIpc) is 2.95. The number of nitrogens with zero attached hydrogens (tertiary/aromatic N) is 1. The molecule has 15 heavy (non-hydrogen) atoms. The molecular weight excluding hydrogens is 188 g/mol. The first-order valence-electron chi connectivity index (χ1n) is 5.90. The van der Waals surface area contributed by atoms with Crippen LogP contribution >= 0.6 is 0 Å². The topological polar surface area (TPSA) is 46.3 Å². The lowest BCUT2D eigenvalue weighted by atomic mass is 10.0. The minimum Gasteiger partial charge on any atom is -0.343 e. The van der Waals surface area contributed by atoms with Crippen molar-refractivity contribution in [2.75, 3.05) is 13.6 Å². The number of hydrogen-bond donors (Lipinski definition) is 1. The number of nitrogens with two attached hydrogens (primary N) is 1. The Morgan fingerprint density at radius 3 is 2.27 bits per heavy atom. The summed E-state index contributed by atoms with van der Waals surface area (Å²) in [4.78, 5) is 14.0. The van der Waals surface area contributed by atoms with Crippen LogP contribution < -0.4 is 5.73 Å². The second kappa shape index (κ2) is 4.52. The predicted molar refractivity (Wildman–Crippen MR) is 62.4 cm³/mol. The molecule has 1 saturated carbocycles. The van der Waals surface area contributed by atoms with Crippen molar-refractivity contribution in [3.8, 4) is 0 Å². The van der Waals surface area contributed by atoms with Gasteiger partial charge in [-0.05, 0) is 32.1 Å². The lowest BCUT2D eigenvalue weighted by Gasteiger charge is -2.29. The molecule has 0 saturated heterocycles. The fourth-order valence-corrected chi connectivity index (χ4v) is 2.07. The highest BCUT2D eigenvalue weighted by Crippen LogP contribution is 2.46. The average molecular weight is 212 g/mol. The highest BCUT2D eigenvalue weighted by Gasteiger charge is 2.50. The van der Waals surface area contributed by atoms with Crippen molar-refractivity contribution < 1.29 is 4.79 Å². The Morgan fingerprint density at radius 1 is 1.40 bits per heavy atom.